The number of carbonyl (C=O) groups is 2. The summed E-state index contributed by atoms with van der Waals surface area (Å²) in [4.78, 5) is 23.8. The maximum absolute atomic E-state index is 12.1. The third-order valence-electron chi connectivity index (χ3n) is 3.78. The van der Waals surface area contributed by atoms with Crippen LogP contribution in [0.3, 0.4) is 0 Å². The average molecular weight is 276 g/mol. The second-order valence-electron chi connectivity index (χ2n) is 5.07. The van der Waals surface area contributed by atoms with Gasteiger partial charge in [-0.15, -0.1) is 0 Å². The van der Waals surface area contributed by atoms with E-state index >= 15 is 0 Å². The maximum atomic E-state index is 12.1. The van der Waals surface area contributed by atoms with Gasteiger partial charge in [-0.1, -0.05) is 30.3 Å². The Hall–Kier alpha value is -1.84. The monoisotopic (exact) mass is 276 g/mol. The predicted octanol–water partition coefficient (Wildman–Crippen LogP) is 2.68. The number of rotatable bonds is 4. The van der Waals surface area contributed by atoms with E-state index in [9.17, 15) is 9.59 Å². The lowest BCUT2D eigenvalue weighted by Crippen LogP contribution is -2.25. The van der Waals surface area contributed by atoms with Gasteiger partial charge < -0.3 is 9.47 Å². The SMILES string of the molecule is COC(=O)C[C@H](c1ccccc1)[C@@H]1CCCCOC1=O. The second kappa shape index (κ2) is 7.08. The lowest BCUT2D eigenvalue weighted by atomic mass is 9.81. The number of hydrogen-bond donors (Lipinski definition) is 0. The summed E-state index contributed by atoms with van der Waals surface area (Å²) in [7, 11) is 1.37. The fraction of sp³-hybridized carbons (Fsp3) is 0.500. The van der Waals surface area contributed by atoms with E-state index in [0.29, 0.717) is 6.61 Å². The van der Waals surface area contributed by atoms with Crippen molar-refractivity contribution in [1.29, 1.82) is 0 Å². The quantitative estimate of drug-likeness (QED) is 0.793. The van der Waals surface area contributed by atoms with Gasteiger partial charge in [-0.25, -0.2) is 0 Å². The van der Waals surface area contributed by atoms with Gasteiger partial charge in [0.05, 0.1) is 26.1 Å². The van der Waals surface area contributed by atoms with Crippen molar-refractivity contribution in [2.24, 2.45) is 5.92 Å². The molecule has 0 saturated carbocycles. The van der Waals surface area contributed by atoms with Gasteiger partial charge in [-0.3, -0.25) is 9.59 Å². The van der Waals surface area contributed by atoms with Crippen LogP contribution in [-0.4, -0.2) is 25.7 Å². The van der Waals surface area contributed by atoms with Crippen LogP contribution in [0, 0.1) is 5.92 Å². The summed E-state index contributed by atoms with van der Waals surface area (Å²) in [5.74, 6) is -0.926. The Kier molecular flexibility index (Phi) is 5.16. The van der Waals surface area contributed by atoms with Crippen molar-refractivity contribution < 1.29 is 19.1 Å². The van der Waals surface area contributed by atoms with Crippen LogP contribution in [0.15, 0.2) is 30.3 Å². The zero-order chi connectivity index (χ0) is 14.4. The Morgan fingerprint density at radius 2 is 2.10 bits per heavy atom. The molecule has 1 heterocycles. The molecule has 20 heavy (non-hydrogen) atoms. The highest BCUT2D eigenvalue weighted by atomic mass is 16.5. The molecule has 0 bridgehead atoms. The number of methoxy groups -OCH3 is 1. The van der Waals surface area contributed by atoms with Crippen LogP contribution in [0.4, 0.5) is 0 Å². The number of hydrogen-bond acceptors (Lipinski definition) is 4. The van der Waals surface area contributed by atoms with Crippen molar-refractivity contribution in [3.63, 3.8) is 0 Å². The number of cyclic esters (lactones) is 1. The summed E-state index contributed by atoms with van der Waals surface area (Å²) in [6.45, 7) is 0.481. The van der Waals surface area contributed by atoms with Crippen LogP contribution in [-0.2, 0) is 19.1 Å². The van der Waals surface area contributed by atoms with Crippen molar-refractivity contribution >= 4 is 11.9 Å². The molecule has 0 amide bonds. The van der Waals surface area contributed by atoms with Crippen LogP contribution in [0.2, 0.25) is 0 Å². The largest absolute Gasteiger partial charge is 0.469 e. The molecule has 0 unspecified atom stereocenters. The molecule has 0 aromatic heterocycles. The topological polar surface area (TPSA) is 52.6 Å². The van der Waals surface area contributed by atoms with E-state index in [0.717, 1.165) is 24.8 Å². The lowest BCUT2D eigenvalue weighted by molar-refractivity contribution is -0.149. The molecule has 1 aromatic rings. The molecule has 0 N–H and O–H groups in total. The fourth-order valence-corrected chi connectivity index (χ4v) is 2.68. The molecule has 0 radical (unpaired) electrons. The Balaban J connectivity index is 2.25. The Morgan fingerprint density at radius 1 is 1.35 bits per heavy atom. The molecular weight excluding hydrogens is 256 g/mol. The smallest absolute Gasteiger partial charge is 0.309 e. The molecule has 1 aliphatic rings. The predicted molar refractivity (Wildman–Crippen MR) is 74.1 cm³/mol. The minimum Gasteiger partial charge on any atom is -0.469 e. The van der Waals surface area contributed by atoms with Gasteiger partial charge >= 0.3 is 11.9 Å². The lowest BCUT2D eigenvalue weighted by Gasteiger charge is -2.23. The van der Waals surface area contributed by atoms with Crippen LogP contribution in [0.25, 0.3) is 0 Å². The summed E-state index contributed by atoms with van der Waals surface area (Å²) in [5.41, 5.74) is 0.988. The molecule has 2 atom stereocenters. The number of benzene rings is 1. The van der Waals surface area contributed by atoms with Crippen LogP contribution < -0.4 is 0 Å². The molecule has 2 rings (SSSR count). The summed E-state index contributed by atoms with van der Waals surface area (Å²) < 4.78 is 10.0. The molecule has 1 saturated heterocycles. The second-order valence-corrected chi connectivity index (χ2v) is 5.07. The molecule has 108 valence electrons. The normalized spacial score (nSPS) is 20.6. The van der Waals surface area contributed by atoms with Crippen molar-refractivity contribution in [2.45, 2.75) is 31.6 Å². The van der Waals surface area contributed by atoms with Crippen LogP contribution >= 0.6 is 0 Å². The number of ether oxygens (including phenoxy) is 2. The third kappa shape index (κ3) is 3.59. The summed E-state index contributed by atoms with van der Waals surface area (Å²) in [6, 6.07) is 9.66. The van der Waals surface area contributed by atoms with Crippen molar-refractivity contribution in [3.05, 3.63) is 35.9 Å². The highest BCUT2D eigenvalue weighted by Crippen LogP contribution is 2.34. The first-order valence-corrected chi connectivity index (χ1v) is 7.00. The Bertz CT molecular complexity index is 455. The number of esters is 2. The molecule has 1 fully saturated rings. The minimum absolute atomic E-state index is 0.172. The number of carbonyl (C=O) groups excluding carboxylic acids is 2. The average Bonchev–Trinajstić information content (AvgIpc) is 2.70. The molecule has 1 aliphatic heterocycles. The van der Waals surface area contributed by atoms with Crippen molar-refractivity contribution in [2.75, 3.05) is 13.7 Å². The van der Waals surface area contributed by atoms with E-state index < -0.39 is 0 Å². The van der Waals surface area contributed by atoms with E-state index in [2.05, 4.69) is 0 Å². The molecule has 1 aromatic carbocycles. The van der Waals surface area contributed by atoms with Gasteiger partial charge in [0.1, 0.15) is 0 Å². The molecule has 0 spiro atoms. The zero-order valence-electron chi connectivity index (χ0n) is 11.7. The van der Waals surface area contributed by atoms with E-state index in [1.165, 1.54) is 7.11 Å². The highest BCUT2D eigenvalue weighted by Gasteiger charge is 2.33. The van der Waals surface area contributed by atoms with Gasteiger partial charge in [-0.2, -0.15) is 0 Å². The minimum atomic E-state index is -0.295. The van der Waals surface area contributed by atoms with Crippen molar-refractivity contribution in [1.82, 2.24) is 0 Å². The molecule has 4 nitrogen and oxygen atoms in total. The third-order valence-corrected chi connectivity index (χ3v) is 3.78. The molecule has 0 aliphatic carbocycles. The van der Waals surface area contributed by atoms with E-state index in [1.54, 1.807) is 0 Å². The Morgan fingerprint density at radius 3 is 2.80 bits per heavy atom. The Labute approximate surface area is 119 Å². The maximum Gasteiger partial charge on any atom is 0.309 e. The van der Waals surface area contributed by atoms with E-state index in [4.69, 9.17) is 9.47 Å². The van der Waals surface area contributed by atoms with Crippen molar-refractivity contribution in [3.8, 4) is 0 Å². The van der Waals surface area contributed by atoms with Gasteiger partial charge in [0.2, 0.25) is 0 Å². The van der Waals surface area contributed by atoms with Gasteiger partial charge in [-0.05, 0) is 24.8 Å². The zero-order valence-corrected chi connectivity index (χ0v) is 11.7. The molecular formula is C16H20O4. The fourth-order valence-electron chi connectivity index (χ4n) is 2.68. The van der Waals surface area contributed by atoms with Gasteiger partial charge in [0, 0.05) is 5.92 Å². The van der Waals surface area contributed by atoms with E-state index in [1.807, 2.05) is 30.3 Å². The summed E-state index contributed by atoms with van der Waals surface area (Å²) in [5, 5.41) is 0. The highest BCUT2D eigenvalue weighted by molar-refractivity contribution is 5.77. The van der Waals surface area contributed by atoms with Crippen LogP contribution in [0.5, 0.6) is 0 Å². The summed E-state index contributed by atoms with van der Waals surface area (Å²) >= 11 is 0. The van der Waals surface area contributed by atoms with E-state index in [-0.39, 0.29) is 30.2 Å². The first kappa shape index (κ1) is 14.6. The molecule has 4 heteroatoms. The van der Waals surface area contributed by atoms with Gasteiger partial charge in [0.15, 0.2) is 0 Å². The van der Waals surface area contributed by atoms with Crippen LogP contribution in [0.1, 0.15) is 37.2 Å². The summed E-state index contributed by atoms with van der Waals surface area (Å²) in [6.07, 6.45) is 2.80. The van der Waals surface area contributed by atoms with Gasteiger partial charge in [0.25, 0.3) is 0 Å². The first-order valence-electron chi connectivity index (χ1n) is 7.00. The first-order chi connectivity index (χ1) is 9.72. The standard InChI is InChI=1S/C16H20O4/c1-19-15(17)11-14(12-7-3-2-4-8-12)13-9-5-6-10-20-16(13)18/h2-4,7-8,13-14H,5-6,9-11H2,1H3/t13-,14+/m0/s1.